The summed E-state index contributed by atoms with van der Waals surface area (Å²) in [6, 6.07) is 1.57. The Morgan fingerprint density at radius 3 is 2.37 bits per heavy atom. The van der Waals surface area contributed by atoms with E-state index in [1.165, 1.54) is 0 Å². The monoisotopic (exact) mass is 266 g/mol. The zero-order valence-electron chi connectivity index (χ0n) is 11.7. The Hall–Kier alpha value is -2.11. The van der Waals surface area contributed by atoms with Gasteiger partial charge in [0.05, 0.1) is 5.69 Å². The zero-order chi connectivity index (χ0) is 14.8. The van der Waals surface area contributed by atoms with E-state index in [9.17, 15) is 9.59 Å². The molecule has 104 valence electrons. The highest BCUT2D eigenvalue weighted by atomic mass is 16.6. The standard InChI is InChI=1S/C13H18N2O4/c1-7-6-9(10(11(16)17)14-8(7)2)15-12(18)19-13(3,4)5/h6H,1-5H3,(H,15,18)(H,16,17). The molecule has 0 radical (unpaired) electrons. The first-order valence-corrected chi connectivity index (χ1v) is 5.81. The quantitative estimate of drug-likeness (QED) is 0.859. The maximum atomic E-state index is 11.6. The number of anilines is 1. The van der Waals surface area contributed by atoms with Crippen LogP contribution in [-0.4, -0.2) is 27.8 Å². The smallest absolute Gasteiger partial charge is 0.412 e. The lowest BCUT2D eigenvalue weighted by Gasteiger charge is -2.20. The number of carbonyl (C=O) groups excluding carboxylic acids is 1. The predicted octanol–water partition coefficient (Wildman–Crippen LogP) is 2.74. The molecule has 1 heterocycles. The lowest BCUT2D eigenvalue weighted by atomic mass is 10.1. The van der Waals surface area contributed by atoms with Crippen molar-refractivity contribution >= 4 is 17.7 Å². The summed E-state index contributed by atoms with van der Waals surface area (Å²) in [6.45, 7) is 8.67. The van der Waals surface area contributed by atoms with Gasteiger partial charge in [0.25, 0.3) is 0 Å². The van der Waals surface area contributed by atoms with Gasteiger partial charge in [-0.2, -0.15) is 0 Å². The third-order valence-corrected chi connectivity index (χ3v) is 2.30. The van der Waals surface area contributed by atoms with E-state index in [0.717, 1.165) is 5.56 Å². The molecule has 2 N–H and O–H groups in total. The fourth-order valence-electron chi connectivity index (χ4n) is 1.38. The molecule has 0 aliphatic heterocycles. The van der Waals surface area contributed by atoms with Crippen LogP contribution in [0.25, 0.3) is 0 Å². The predicted molar refractivity (Wildman–Crippen MR) is 70.5 cm³/mol. The molecule has 0 atom stereocenters. The number of carboxylic acid groups (broad SMARTS) is 1. The van der Waals surface area contributed by atoms with Crippen molar-refractivity contribution < 1.29 is 19.4 Å². The van der Waals surface area contributed by atoms with Gasteiger partial charge >= 0.3 is 12.1 Å². The molecule has 19 heavy (non-hydrogen) atoms. The van der Waals surface area contributed by atoms with Crippen LogP contribution in [0.15, 0.2) is 6.07 Å². The minimum atomic E-state index is -1.20. The van der Waals surface area contributed by atoms with Gasteiger partial charge in [-0.05, 0) is 46.2 Å². The van der Waals surface area contributed by atoms with Crippen molar-refractivity contribution in [1.29, 1.82) is 0 Å². The third-order valence-electron chi connectivity index (χ3n) is 2.30. The number of amides is 1. The van der Waals surface area contributed by atoms with Gasteiger partial charge in [-0.3, -0.25) is 5.32 Å². The topological polar surface area (TPSA) is 88.5 Å². The number of pyridine rings is 1. The summed E-state index contributed by atoms with van der Waals surface area (Å²) in [7, 11) is 0. The van der Waals surface area contributed by atoms with Crippen LogP contribution in [0.1, 0.15) is 42.5 Å². The molecular formula is C13H18N2O4. The van der Waals surface area contributed by atoms with E-state index in [4.69, 9.17) is 9.84 Å². The summed E-state index contributed by atoms with van der Waals surface area (Å²) in [6.07, 6.45) is -0.708. The van der Waals surface area contributed by atoms with Crippen molar-refractivity contribution in [3.05, 3.63) is 23.0 Å². The van der Waals surface area contributed by atoms with Crippen LogP contribution in [0.2, 0.25) is 0 Å². The second kappa shape index (κ2) is 5.26. The van der Waals surface area contributed by atoms with E-state index in [-0.39, 0.29) is 11.4 Å². The molecule has 0 saturated carbocycles. The Labute approximate surface area is 111 Å². The van der Waals surface area contributed by atoms with Crippen molar-refractivity contribution in [1.82, 2.24) is 4.98 Å². The second-order valence-corrected chi connectivity index (χ2v) is 5.22. The maximum Gasteiger partial charge on any atom is 0.412 e. The van der Waals surface area contributed by atoms with E-state index in [0.29, 0.717) is 5.69 Å². The van der Waals surface area contributed by atoms with Crippen molar-refractivity contribution in [2.45, 2.75) is 40.2 Å². The van der Waals surface area contributed by atoms with Gasteiger partial charge < -0.3 is 9.84 Å². The van der Waals surface area contributed by atoms with Crippen LogP contribution in [0.5, 0.6) is 0 Å². The minimum Gasteiger partial charge on any atom is -0.476 e. The van der Waals surface area contributed by atoms with Crippen molar-refractivity contribution in [2.75, 3.05) is 5.32 Å². The number of aryl methyl sites for hydroxylation is 2. The van der Waals surface area contributed by atoms with E-state index in [1.54, 1.807) is 40.7 Å². The average molecular weight is 266 g/mol. The number of ether oxygens (including phenoxy) is 1. The molecule has 1 aromatic rings. The van der Waals surface area contributed by atoms with Gasteiger partial charge in [0.15, 0.2) is 5.69 Å². The first-order valence-electron chi connectivity index (χ1n) is 5.81. The molecule has 0 unspecified atom stereocenters. The molecule has 6 heteroatoms. The summed E-state index contributed by atoms with van der Waals surface area (Å²) in [5.74, 6) is -1.20. The highest BCUT2D eigenvalue weighted by Gasteiger charge is 2.20. The number of aromatic nitrogens is 1. The highest BCUT2D eigenvalue weighted by molar-refractivity contribution is 5.97. The molecule has 6 nitrogen and oxygen atoms in total. The molecule has 1 rings (SSSR count). The minimum absolute atomic E-state index is 0.129. The van der Waals surface area contributed by atoms with Crippen molar-refractivity contribution in [3.63, 3.8) is 0 Å². The normalized spacial score (nSPS) is 11.0. The Kier molecular flexibility index (Phi) is 4.14. The molecule has 1 amide bonds. The number of carbonyl (C=O) groups is 2. The van der Waals surface area contributed by atoms with Crippen LogP contribution in [0.4, 0.5) is 10.5 Å². The van der Waals surface area contributed by atoms with Crippen LogP contribution >= 0.6 is 0 Å². The summed E-state index contributed by atoms with van der Waals surface area (Å²) in [5.41, 5.74) is 0.669. The molecule has 0 aromatic carbocycles. The number of nitrogens with one attached hydrogen (secondary N) is 1. The molecule has 1 aromatic heterocycles. The van der Waals surface area contributed by atoms with E-state index in [2.05, 4.69) is 10.3 Å². The SMILES string of the molecule is Cc1cc(NC(=O)OC(C)(C)C)c(C(=O)O)nc1C. The Bertz CT molecular complexity index is 518. The van der Waals surface area contributed by atoms with Gasteiger partial charge in [0.2, 0.25) is 0 Å². The van der Waals surface area contributed by atoms with Crippen LogP contribution in [0, 0.1) is 13.8 Å². The van der Waals surface area contributed by atoms with E-state index in [1.807, 2.05) is 0 Å². The van der Waals surface area contributed by atoms with Crippen LogP contribution < -0.4 is 5.32 Å². The van der Waals surface area contributed by atoms with Gasteiger partial charge in [-0.15, -0.1) is 0 Å². The molecule has 0 fully saturated rings. The Balaban J connectivity index is 3.03. The lowest BCUT2D eigenvalue weighted by Crippen LogP contribution is -2.28. The maximum absolute atomic E-state index is 11.6. The highest BCUT2D eigenvalue weighted by Crippen LogP contribution is 2.19. The van der Waals surface area contributed by atoms with Crippen molar-refractivity contribution in [2.24, 2.45) is 0 Å². The summed E-state index contributed by atoms with van der Waals surface area (Å²) in [5, 5.41) is 11.5. The second-order valence-electron chi connectivity index (χ2n) is 5.22. The largest absolute Gasteiger partial charge is 0.476 e. The van der Waals surface area contributed by atoms with E-state index >= 15 is 0 Å². The summed E-state index contributed by atoms with van der Waals surface area (Å²) < 4.78 is 5.08. The van der Waals surface area contributed by atoms with Gasteiger partial charge in [-0.25, -0.2) is 14.6 Å². The number of hydrogen-bond acceptors (Lipinski definition) is 4. The van der Waals surface area contributed by atoms with Gasteiger partial charge in [0, 0.05) is 5.69 Å². The Morgan fingerprint density at radius 2 is 1.89 bits per heavy atom. The first kappa shape index (κ1) is 14.9. The van der Waals surface area contributed by atoms with E-state index < -0.39 is 17.7 Å². The number of nitrogens with zero attached hydrogens (tertiary/aromatic N) is 1. The number of carboxylic acids is 1. The molecule has 0 bridgehead atoms. The number of aromatic carboxylic acids is 1. The summed E-state index contributed by atoms with van der Waals surface area (Å²) in [4.78, 5) is 26.7. The van der Waals surface area contributed by atoms with Gasteiger partial charge in [-0.1, -0.05) is 0 Å². The molecule has 0 aliphatic carbocycles. The Morgan fingerprint density at radius 1 is 1.32 bits per heavy atom. The molecular weight excluding hydrogens is 248 g/mol. The fourth-order valence-corrected chi connectivity index (χ4v) is 1.38. The van der Waals surface area contributed by atoms with Crippen molar-refractivity contribution in [3.8, 4) is 0 Å². The summed E-state index contributed by atoms with van der Waals surface area (Å²) >= 11 is 0. The first-order chi connectivity index (χ1) is 8.60. The third kappa shape index (κ3) is 4.24. The molecule has 0 saturated heterocycles. The number of hydrogen-bond donors (Lipinski definition) is 2. The average Bonchev–Trinajstić information content (AvgIpc) is 2.19. The fraction of sp³-hybridized carbons (Fsp3) is 0.462. The number of rotatable bonds is 2. The molecule has 0 aliphatic rings. The van der Waals surface area contributed by atoms with Crippen LogP contribution in [-0.2, 0) is 4.74 Å². The molecule has 0 spiro atoms. The van der Waals surface area contributed by atoms with Gasteiger partial charge in [0.1, 0.15) is 5.60 Å². The zero-order valence-corrected chi connectivity index (χ0v) is 11.7. The lowest BCUT2D eigenvalue weighted by molar-refractivity contribution is 0.0636. The van der Waals surface area contributed by atoms with Crippen LogP contribution in [0.3, 0.4) is 0 Å².